The molecule has 0 fully saturated rings. The minimum atomic E-state index is -0.616. The predicted molar refractivity (Wildman–Crippen MR) is 65.4 cm³/mol. The number of nitrogens with one attached hydrogen (secondary N) is 1. The first kappa shape index (κ1) is 13.1. The van der Waals surface area contributed by atoms with Gasteiger partial charge in [0.15, 0.2) is 0 Å². The summed E-state index contributed by atoms with van der Waals surface area (Å²) in [7, 11) is 1.53. The molecule has 0 aliphatic rings. The van der Waals surface area contributed by atoms with E-state index in [1.165, 1.54) is 13.2 Å². The topological polar surface area (TPSA) is 55.4 Å². The van der Waals surface area contributed by atoms with Crippen molar-refractivity contribution in [2.75, 3.05) is 20.3 Å². The van der Waals surface area contributed by atoms with Crippen molar-refractivity contribution in [2.24, 2.45) is 0 Å². The van der Waals surface area contributed by atoms with E-state index in [9.17, 15) is 9.59 Å². The molecule has 1 amide bonds. The van der Waals surface area contributed by atoms with Crippen LogP contribution in [0.25, 0.3) is 6.08 Å². The second kappa shape index (κ2) is 7.35. The SMILES string of the molecule is COCCNC(=O)C(=O)C=Cc1ccccc1. The molecule has 4 heteroatoms. The van der Waals surface area contributed by atoms with E-state index in [4.69, 9.17) is 4.74 Å². The van der Waals surface area contributed by atoms with Crippen LogP contribution in [0.4, 0.5) is 0 Å². The van der Waals surface area contributed by atoms with Gasteiger partial charge in [-0.2, -0.15) is 0 Å². The molecule has 1 rings (SSSR count). The largest absolute Gasteiger partial charge is 0.383 e. The van der Waals surface area contributed by atoms with Crippen LogP contribution in [0.3, 0.4) is 0 Å². The second-order valence-electron chi connectivity index (χ2n) is 3.36. The molecule has 1 N–H and O–H groups in total. The normalized spacial score (nSPS) is 10.4. The van der Waals surface area contributed by atoms with Crippen molar-refractivity contribution >= 4 is 17.8 Å². The van der Waals surface area contributed by atoms with Gasteiger partial charge in [0.25, 0.3) is 5.91 Å². The highest BCUT2D eigenvalue weighted by molar-refractivity contribution is 6.41. The second-order valence-corrected chi connectivity index (χ2v) is 3.36. The lowest BCUT2D eigenvalue weighted by atomic mass is 10.2. The van der Waals surface area contributed by atoms with Crippen LogP contribution in [0.1, 0.15) is 5.56 Å². The summed E-state index contributed by atoms with van der Waals surface area (Å²) < 4.78 is 4.76. The molecule has 0 aliphatic carbocycles. The molecular weight excluding hydrogens is 218 g/mol. The molecule has 0 saturated carbocycles. The molecule has 0 spiro atoms. The number of carbonyl (C=O) groups is 2. The van der Waals surface area contributed by atoms with Crippen molar-refractivity contribution in [2.45, 2.75) is 0 Å². The van der Waals surface area contributed by atoms with Crippen molar-refractivity contribution in [1.29, 1.82) is 0 Å². The molecule has 1 aromatic carbocycles. The van der Waals surface area contributed by atoms with Gasteiger partial charge in [-0.15, -0.1) is 0 Å². The summed E-state index contributed by atoms with van der Waals surface area (Å²) >= 11 is 0. The summed E-state index contributed by atoms with van der Waals surface area (Å²) in [6.45, 7) is 0.724. The van der Waals surface area contributed by atoms with Crippen LogP contribution in [0.15, 0.2) is 36.4 Å². The first-order valence-electron chi connectivity index (χ1n) is 5.28. The maximum absolute atomic E-state index is 11.4. The van der Waals surface area contributed by atoms with Gasteiger partial charge < -0.3 is 10.1 Å². The van der Waals surface area contributed by atoms with Crippen molar-refractivity contribution < 1.29 is 14.3 Å². The number of rotatable bonds is 6. The van der Waals surface area contributed by atoms with Crippen molar-refractivity contribution in [1.82, 2.24) is 5.32 Å². The molecule has 4 nitrogen and oxygen atoms in total. The third-order valence-corrected chi connectivity index (χ3v) is 2.04. The average Bonchev–Trinajstić information content (AvgIpc) is 2.37. The molecule has 0 unspecified atom stereocenters. The summed E-state index contributed by atoms with van der Waals surface area (Å²) in [6.07, 6.45) is 2.87. The van der Waals surface area contributed by atoms with Crippen molar-refractivity contribution in [3.8, 4) is 0 Å². The molecule has 90 valence electrons. The molecule has 0 heterocycles. The minimum Gasteiger partial charge on any atom is -0.383 e. The van der Waals surface area contributed by atoms with Gasteiger partial charge in [0.2, 0.25) is 5.78 Å². The van der Waals surface area contributed by atoms with Gasteiger partial charge in [-0.3, -0.25) is 9.59 Å². The molecule has 0 atom stereocenters. The molecule has 17 heavy (non-hydrogen) atoms. The lowest BCUT2D eigenvalue weighted by Crippen LogP contribution is -2.32. The van der Waals surface area contributed by atoms with Gasteiger partial charge in [0.1, 0.15) is 0 Å². The average molecular weight is 233 g/mol. The Labute approximate surface area is 100 Å². The molecular formula is C13H15NO3. The zero-order chi connectivity index (χ0) is 12.5. The molecule has 0 aliphatic heterocycles. The van der Waals surface area contributed by atoms with Gasteiger partial charge in [-0.1, -0.05) is 36.4 Å². The summed E-state index contributed by atoms with van der Waals surface area (Å²) in [5, 5.41) is 2.45. The molecule has 1 aromatic rings. The Morgan fingerprint density at radius 2 is 2.00 bits per heavy atom. The number of amides is 1. The highest BCUT2D eigenvalue weighted by atomic mass is 16.5. The number of ether oxygens (including phenoxy) is 1. The minimum absolute atomic E-state index is 0.334. The Morgan fingerprint density at radius 3 is 2.65 bits per heavy atom. The highest BCUT2D eigenvalue weighted by Crippen LogP contribution is 2.00. The summed E-state index contributed by atoms with van der Waals surface area (Å²) in [4.78, 5) is 22.6. The fraction of sp³-hybridized carbons (Fsp3) is 0.231. The predicted octanol–water partition coefficient (Wildman–Crippen LogP) is 1.03. The van der Waals surface area contributed by atoms with E-state index in [0.29, 0.717) is 13.2 Å². The Balaban J connectivity index is 2.43. The lowest BCUT2D eigenvalue weighted by Gasteiger charge is -2.00. The fourth-order valence-corrected chi connectivity index (χ4v) is 1.17. The zero-order valence-corrected chi connectivity index (χ0v) is 9.68. The van der Waals surface area contributed by atoms with E-state index in [2.05, 4.69) is 5.32 Å². The maximum atomic E-state index is 11.4. The van der Waals surface area contributed by atoms with E-state index >= 15 is 0 Å². The van der Waals surface area contributed by atoms with Crippen LogP contribution in [-0.4, -0.2) is 32.0 Å². The van der Waals surface area contributed by atoms with Gasteiger partial charge >= 0.3 is 0 Å². The summed E-state index contributed by atoms with van der Waals surface area (Å²) in [6, 6.07) is 9.32. The zero-order valence-electron chi connectivity index (χ0n) is 9.68. The van der Waals surface area contributed by atoms with Crippen molar-refractivity contribution in [3.63, 3.8) is 0 Å². The molecule has 0 radical (unpaired) electrons. The van der Waals surface area contributed by atoms with Crippen molar-refractivity contribution in [3.05, 3.63) is 42.0 Å². The maximum Gasteiger partial charge on any atom is 0.291 e. The number of ketones is 1. The van der Waals surface area contributed by atoms with E-state index < -0.39 is 11.7 Å². The third-order valence-electron chi connectivity index (χ3n) is 2.04. The smallest absolute Gasteiger partial charge is 0.291 e. The number of hydrogen-bond donors (Lipinski definition) is 1. The Hall–Kier alpha value is -1.94. The molecule has 0 aromatic heterocycles. The lowest BCUT2D eigenvalue weighted by molar-refractivity contribution is -0.135. The highest BCUT2D eigenvalue weighted by Gasteiger charge is 2.08. The van der Waals surface area contributed by atoms with Crippen LogP contribution >= 0.6 is 0 Å². The van der Waals surface area contributed by atoms with Gasteiger partial charge in [0.05, 0.1) is 6.61 Å². The van der Waals surface area contributed by atoms with E-state index in [-0.39, 0.29) is 0 Å². The standard InChI is InChI=1S/C13H15NO3/c1-17-10-9-14-13(16)12(15)8-7-11-5-3-2-4-6-11/h2-8H,9-10H2,1H3,(H,14,16). The van der Waals surface area contributed by atoms with Crippen LogP contribution in [0, 0.1) is 0 Å². The fourth-order valence-electron chi connectivity index (χ4n) is 1.17. The quantitative estimate of drug-likeness (QED) is 0.453. The Kier molecular flexibility index (Phi) is 5.68. The molecule has 0 bridgehead atoms. The number of carbonyl (C=O) groups excluding carboxylic acids is 2. The monoisotopic (exact) mass is 233 g/mol. The summed E-state index contributed by atoms with van der Waals surface area (Å²) in [5.74, 6) is -1.18. The first-order chi connectivity index (χ1) is 8.24. The van der Waals surface area contributed by atoms with Gasteiger partial charge in [-0.25, -0.2) is 0 Å². The third kappa shape index (κ3) is 5.08. The number of methoxy groups -OCH3 is 1. The number of hydrogen-bond acceptors (Lipinski definition) is 3. The van der Waals surface area contributed by atoms with E-state index in [0.717, 1.165) is 5.56 Å². The van der Waals surface area contributed by atoms with E-state index in [1.807, 2.05) is 30.3 Å². The van der Waals surface area contributed by atoms with Gasteiger partial charge in [-0.05, 0) is 11.6 Å². The Morgan fingerprint density at radius 1 is 1.29 bits per heavy atom. The van der Waals surface area contributed by atoms with Crippen LogP contribution < -0.4 is 5.32 Å². The van der Waals surface area contributed by atoms with Crippen LogP contribution in [0.5, 0.6) is 0 Å². The van der Waals surface area contributed by atoms with Gasteiger partial charge in [0, 0.05) is 13.7 Å². The van der Waals surface area contributed by atoms with Crippen LogP contribution in [-0.2, 0) is 14.3 Å². The first-order valence-corrected chi connectivity index (χ1v) is 5.28. The molecule has 0 saturated heterocycles. The Bertz CT molecular complexity index is 398. The van der Waals surface area contributed by atoms with E-state index in [1.54, 1.807) is 6.08 Å². The van der Waals surface area contributed by atoms with Crippen LogP contribution in [0.2, 0.25) is 0 Å². The number of benzene rings is 1. The summed E-state index contributed by atoms with van der Waals surface area (Å²) in [5.41, 5.74) is 0.880.